The minimum absolute atomic E-state index is 0.0157. The van der Waals surface area contributed by atoms with E-state index in [4.69, 9.17) is 4.74 Å². The summed E-state index contributed by atoms with van der Waals surface area (Å²) in [6, 6.07) is 27.9. The fraction of sp³-hybridized carbons (Fsp3) is 0.135. The smallest absolute Gasteiger partial charge is 0.416 e. The molecule has 0 unspecified atom stereocenters. The number of halogens is 3. The highest BCUT2D eigenvalue weighted by molar-refractivity contribution is 5.91. The minimum Gasteiger partial charge on any atom is -0.484 e. The van der Waals surface area contributed by atoms with Crippen molar-refractivity contribution in [2.45, 2.75) is 26.9 Å². The molecule has 4 aromatic carbocycles. The van der Waals surface area contributed by atoms with Gasteiger partial charge in [0.15, 0.2) is 12.4 Å². The minimum atomic E-state index is -4.57. The first-order valence-electron chi connectivity index (χ1n) is 15.0. The summed E-state index contributed by atoms with van der Waals surface area (Å²) in [5, 5.41) is 7.54. The van der Waals surface area contributed by atoms with Gasteiger partial charge in [-0.3, -0.25) is 9.59 Å². The molecule has 0 fully saturated rings. The van der Waals surface area contributed by atoms with Gasteiger partial charge in [0.05, 0.1) is 22.7 Å². The number of aromatic nitrogens is 3. The molecule has 0 spiro atoms. The molecule has 0 saturated carbocycles. The molecular formula is C37H30F3N5O3. The zero-order valence-electron chi connectivity index (χ0n) is 26.2. The van der Waals surface area contributed by atoms with Crippen molar-refractivity contribution >= 4 is 28.7 Å². The average molecular weight is 650 g/mol. The second-order valence-electron chi connectivity index (χ2n) is 11.3. The number of nitrogens with zero attached hydrogens (tertiary/aromatic N) is 4. The van der Waals surface area contributed by atoms with Crippen molar-refractivity contribution in [3.8, 4) is 22.8 Å². The Morgan fingerprint density at radius 2 is 1.65 bits per heavy atom. The molecule has 0 aliphatic heterocycles. The number of amides is 1. The number of hydrogen-bond acceptors (Lipinski definition) is 5. The summed E-state index contributed by atoms with van der Waals surface area (Å²) < 4.78 is 49.3. The van der Waals surface area contributed by atoms with Gasteiger partial charge in [-0.2, -0.15) is 22.9 Å². The van der Waals surface area contributed by atoms with Crippen LogP contribution in [0.2, 0.25) is 0 Å². The average Bonchev–Trinajstić information content (AvgIpc) is 3.36. The molecule has 1 N–H and O–H groups in total. The third-order valence-corrected chi connectivity index (χ3v) is 7.78. The monoisotopic (exact) mass is 649 g/mol. The number of nitrogens with one attached hydrogen (secondary N) is 1. The molecule has 0 aliphatic carbocycles. The van der Waals surface area contributed by atoms with Crippen molar-refractivity contribution in [3.05, 3.63) is 142 Å². The van der Waals surface area contributed by atoms with Crippen LogP contribution in [0.25, 0.3) is 28.0 Å². The van der Waals surface area contributed by atoms with Crippen LogP contribution in [0.3, 0.4) is 0 Å². The van der Waals surface area contributed by atoms with E-state index >= 15 is 0 Å². The molecule has 0 radical (unpaired) electrons. The number of aryl methyl sites for hydroxylation is 2. The van der Waals surface area contributed by atoms with Gasteiger partial charge in [0.25, 0.3) is 11.5 Å². The van der Waals surface area contributed by atoms with Crippen LogP contribution in [-0.2, 0) is 11.0 Å². The Morgan fingerprint density at radius 1 is 0.917 bits per heavy atom. The van der Waals surface area contributed by atoms with E-state index in [0.717, 1.165) is 39.4 Å². The molecule has 2 aromatic heterocycles. The first-order valence-corrected chi connectivity index (χ1v) is 15.0. The van der Waals surface area contributed by atoms with Crippen molar-refractivity contribution in [1.29, 1.82) is 0 Å². The van der Waals surface area contributed by atoms with Gasteiger partial charge in [-0.1, -0.05) is 42.0 Å². The van der Waals surface area contributed by atoms with Crippen molar-refractivity contribution in [1.82, 2.24) is 14.2 Å². The van der Waals surface area contributed by atoms with Gasteiger partial charge in [-0.15, -0.1) is 0 Å². The maximum absolute atomic E-state index is 13.6. The zero-order valence-corrected chi connectivity index (χ0v) is 26.2. The number of rotatable bonds is 8. The normalized spacial score (nSPS) is 11.7. The lowest BCUT2D eigenvalue weighted by atomic mass is 10.1. The predicted molar refractivity (Wildman–Crippen MR) is 180 cm³/mol. The Kier molecular flexibility index (Phi) is 8.68. The molecule has 8 nitrogen and oxygen atoms in total. The third kappa shape index (κ3) is 6.75. The Labute approximate surface area is 273 Å². The van der Waals surface area contributed by atoms with Gasteiger partial charge in [-0.05, 0) is 87.5 Å². The van der Waals surface area contributed by atoms with Crippen molar-refractivity contribution in [2.75, 3.05) is 11.9 Å². The number of anilines is 1. The van der Waals surface area contributed by atoms with Gasteiger partial charge in [-0.25, -0.2) is 4.98 Å². The second kappa shape index (κ2) is 13.0. The number of carbonyl (C=O) groups excluding carboxylic acids is 1. The maximum atomic E-state index is 13.6. The number of alkyl halides is 3. The highest BCUT2D eigenvalue weighted by Gasteiger charge is 2.31. The third-order valence-electron chi connectivity index (χ3n) is 7.78. The summed E-state index contributed by atoms with van der Waals surface area (Å²) in [6.07, 6.45) is -3.07. The molecule has 0 aliphatic rings. The van der Waals surface area contributed by atoms with Crippen LogP contribution in [0.4, 0.5) is 18.9 Å². The first-order chi connectivity index (χ1) is 23.0. The molecular weight excluding hydrogens is 619 g/mol. The lowest BCUT2D eigenvalue weighted by Crippen LogP contribution is -2.20. The molecule has 242 valence electrons. The number of fused-ring (bicyclic) bond motifs is 1. The predicted octanol–water partition coefficient (Wildman–Crippen LogP) is 7.70. The van der Waals surface area contributed by atoms with Crippen molar-refractivity contribution < 1.29 is 22.7 Å². The number of para-hydroxylation sites is 1. The van der Waals surface area contributed by atoms with Crippen LogP contribution in [0.5, 0.6) is 5.75 Å². The van der Waals surface area contributed by atoms with Gasteiger partial charge >= 0.3 is 6.18 Å². The Bertz CT molecular complexity index is 2220. The molecule has 11 heteroatoms. The van der Waals surface area contributed by atoms with E-state index in [0.29, 0.717) is 22.5 Å². The molecule has 2 heterocycles. The Balaban J connectivity index is 1.26. The number of benzene rings is 4. The standard InChI is InChI=1S/C37H30F3N5O3/c1-23-11-13-29(14-12-23)42-34(46)22-48-31-17-15-30(16-18-31)44-24(2)19-27(25(44)3)21-41-45-35(26-7-6-8-28(20-26)37(38,39)40)43-33-10-5-4-9-32(33)36(45)47/h4-21H,22H2,1-3H3,(H,42,46). The van der Waals surface area contributed by atoms with E-state index in [2.05, 4.69) is 15.4 Å². The van der Waals surface area contributed by atoms with E-state index in [1.807, 2.05) is 67.8 Å². The lowest BCUT2D eigenvalue weighted by Gasteiger charge is -2.12. The van der Waals surface area contributed by atoms with Gasteiger partial charge in [0.1, 0.15) is 5.75 Å². The summed E-state index contributed by atoms with van der Waals surface area (Å²) in [7, 11) is 0. The van der Waals surface area contributed by atoms with E-state index < -0.39 is 17.3 Å². The SMILES string of the molecule is Cc1ccc(NC(=O)COc2ccc(-n3c(C)cc(C=Nn4c(-c5cccc(C(F)(F)F)c5)nc5ccccc5c4=O)c3C)cc2)cc1. The van der Waals surface area contributed by atoms with Crippen LogP contribution in [-0.4, -0.2) is 33.0 Å². The van der Waals surface area contributed by atoms with Crippen LogP contribution in [0, 0.1) is 20.8 Å². The summed E-state index contributed by atoms with van der Waals surface area (Å²) in [5.74, 6) is 0.228. The van der Waals surface area contributed by atoms with E-state index in [9.17, 15) is 22.8 Å². The van der Waals surface area contributed by atoms with Gasteiger partial charge < -0.3 is 14.6 Å². The number of carbonyl (C=O) groups is 1. The summed E-state index contributed by atoms with van der Waals surface area (Å²) in [5.41, 5.74) is 4.07. The van der Waals surface area contributed by atoms with E-state index in [1.54, 1.807) is 36.4 Å². The molecule has 0 saturated heterocycles. The van der Waals surface area contributed by atoms with E-state index in [1.165, 1.54) is 18.3 Å². The van der Waals surface area contributed by atoms with Crippen LogP contribution >= 0.6 is 0 Å². The number of hydrogen-bond donors (Lipinski definition) is 1. The molecule has 1 amide bonds. The molecule has 48 heavy (non-hydrogen) atoms. The fourth-order valence-electron chi connectivity index (χ4n) is 5.36. The van der Waals surface area contributed by atoms with Crippen LogP contribution in [0.1, 0.15) is 28.1 Å². The summed E-state index contributed by atoms with van der Waals surface area (Å²) in [6.45, 7) is 5.63. The van der Waals surface area contributed by atoms with Crippen LogP contribution < -0.4 is 15.6 Å². The van der Waals surface area contributed by atoms with E-state index in [-0.39, 0.29) is 29.3 Å². The van der Waals surface area contributed by atoms with Gasteiger partial charge in [0, 0.05) is 33.9 Å². The Morgan fingerprint density at radius 3 is 2.38 bits per heavy atom. The Hall–Kier alpha value is -5.97. The lowest BCUT2D eigenvalue weighted by molar-refractivity contribution is -0.137. The first kappa shape index (κ1) is 32.0. The fourth-order valence-corrected chi connectivity index (χ4v) is 5.36. The van der Waals surface area contributed by atoms with Gasteiger partial charge in [0.2, 0.25) is 0 Å². The summed E-state index contributed by atoms with van der Waals surface area (Å²) in [4.78, 5) is 30.4. The largest absolute Gasteiger partial charge is 0.484 e. The van der Waals surface area contributed by atoms with Crippen LogP contribution in [0.15, 0.2) is 113 Å². The molecule has 0 atom stereocenters. The maximum Gasteiger partial charge on any atom is 0.416 e. The summed E-state index contributed by atoms with van der Waals surface area (Å²) >= 11 is 0. The highest BCUT2D eigenvalue weighted by atomic mass is 19.4. The highest BCUT2D eigenvalue weighted by Crippen LogP contribution is 2.32. The topological polar surface area (TPSA) is 90.5 Å². The molecule has 6 aromatic rings. The quantitative estimate of drug-likeness (QED) is 0.171. The zero-order chi connectivity index (χ0) is 34.0. The molecule has 6 rings (SSSR count). The van der Waals surface area contributed by atoms with Crippen molar-refractivity contribution in [3.63, 3.8) is 0 Å². The number of ether oxygens (including phenoxy) is 1. The molecule has 0 bridgehead atoms. The second-order valence-corrected chi connectivity index (χ2v) is 11.3. The van der Waals surface area contributed by atoms with Crippen molar-refractivity contribution in [2.24, 2.45) is 5.10 Å².